The van der Waals surface area contributed by atoms with Crippen molar-refractivity contribution in [2.75, 3.05) is 6.54 Å². The van der Waals surface area contributed by atoms with Gasteiger partial charge in [-0.2, -0.15) is 0 Å². The lowest BCUT2D eigenvalue weighted by Crippen LogP contribution is -2.39. The molecule has 1 fully saturated rings. The van der Waals surface area contributed by atoms with Crippen LogP contribution in [-0.4, -0.2) is 17.7 Å². The summed E-state index contributed by atoms with van der Waals surface area (Å²) < 4.78 is 13.1. The van der Waals surface area contributed by atoms with E-state index >= 15 is 0 Å². The molecule has 18 heavy (non-hydrogen) atoms. The Morgan fingerprint density at radius 1 is 1.50 bits per heavy atom. The number of aliphatic hydroxyl groups is 1. The van der Waals surface area contributed by atoms with Crippen molar-refractivity contribution in [1.82, 2.24) is 5.32 Å². The number of aliphatic hydroxyl groups excluding tert-OH is 1. The summed E-state index contributed by atoms with van der Waals surface area (Å²) in [6.45, 7) is 5.00. The summed E-state index contributed by atoms with van der Waals surface area (Å²) in [5.74, 6) is -0.298. The maximum absolute atomic E-state index is 13.1. The lowest BCUT2D eigenvalue weighted by Gasteiger charge is -2.29. The van der Waals surface area contributed by atoms with Crippen LogP contribution in [0.25, 0.3) is 0 Å². The zero-order valence-corrected chi connectivity index (χ0v) is 11.1. The SMILES string of the molecule is CC1(C)CCCC1NCC(O)c1cccc(F)c1. The Kier molecular flexibility index (Phi) is 4.03. The minimum atomic E-state index is -0.642. The number of rotatable bonds is 4. The second-order valence-corrected chi connectivity index (χ2v) is 5.91. The third-order valence-electron chi connectivity index (χ3n) is 4.05. The molecule has 1 aliphatic carbocycles. The van der Waals surface area contributed by atoms with E-state index in [-0.39, 0.29) is 5.82 Å². The molecule has 0 bridgehead atoms. The maximum Gasteiger partial charge on any atom is 0.123 e. The van der Waals surface area contributed by atoms with Crippen LogP contribution in [0, 0.1) is 11.2 Å². The lowest BCUT2D eigenvalue weighted by molar-refractivity contribution is 0.157. The Morgan fingerprint density at radius 2 is 2.28 bits per heavy atom. The summed E-state index contributed by atoms with van der Waals surface area (Å²) in [5, 5.41) is 13.5. The molecule has 2 unspecified atom stereocenters. The fraction of sp³-hybridized carbons (Fsp3) is 0.600. The van der Waals surface area contributed by atoms with Crippen LogP contribution in [0.2, 0.25) is 0 Å². The van der Waals surface area contributed by atoms with Gasteiger partial charge in [0.25, 0.3) is 0 Å². The summed E-state index contributed by atoms with van der Waals surface area (Å²) in [6.07, 6.45) is 2.97. The average molecular weight is 251 g/mol. The van der Waals surface area contributed by atoms with E-state index in [1.165, 1.54) is 25.0 Å². The van der Waals surface area contributed by atoms with Crippen LogP contribution in [0.3, 0.4) is 0 Å². The molecule has 2 atom stereocenters. The van der Waals surface area contributed by atoms with E-state index in [0.29, 0.717) is 23.6 Å². The van der Waals surface area contributed by atoms with Gasteiger partial charge in [-0.1, -0.05) is 32.4 Å². The van der Waals surface area contributed by atoms with Gasteiger partial charge in [0, 0.05) is 12.6 Å². The Morgan fingerprint density at radius 3 is 2.89 bits per heavy atom. The summed E-state index contributed by atoms with van der Waals surface area (Å²) in [7, 11) is 0. The highest BCUT2D eigenvalue weighted by atomic mass is 19.1. The lowest BCUT2D eigenvalue weighted by atomic mass is 9.87. The molecule has 1 aromatic rings. The smallest absolute Gasteiger partial charge is 0.123 e. The van der Waals surface area contributed by atoms with E-state index in [4.69, 9.17) is 0 Å². The molecule has 2 rings (SSSR count). The molecule has 0 aromatic heterocycles. The van der Waals surface area contributed by atoms with Gasteiger partial charge in [0.1, 0.15) is 5.82 Å². The molecule has 2 N–H and O–H groups in total. The van der Waals surface area contributed by atoms with Crippen LogP contribution in [0.15, 0.2) is 24.3 Å². The molecular weight excluding hydrogens is 229 g/mol. The minimum Gasteiger partial charge on any atom is -0.387 e. The molecule has 0 heterocycles. The maximum atomic E-state index is 13.1. The van der Waals surface area contributed by atoms with Crippen LogP contribution < -0.4 is 5.32 Å². The fourth-order valence-corrected chi connectivity index (χ4v) is 2.79. The van der Waals surface area contributed by atoms with Gasteiger partial charge in [0.15, 0.2) is 0 Å². The van der Waals surface area contributed by atoms with Gasteiger partial charge in [-0.25, -0.2) is 4.39 Å². The normalized spacial score (nSPS) is 24.1. The van der Waals surface area contributed by atoms with E-state index in [1.807, 2.05) is 0 Å². The van der Waals surface area contributed by atoms with E-state index in [2.05, 4.69) is 19.2 Å². The van der Waals surface area contributed by atoms with Gasteiger partial charge >= 0.3 is 0 Å². The molecule has 0 spiro atoms. The summed E-state index contributed by atoms with van der Waals surface area (Å²) in [6, 6.07) is 6.62. The van der Waals surface area contributed by atoms with E-state index < -0.39 is 6.10 Å². The zero-order valence-electron chi connectivity index (χ0n) is 11.1. The zero-order chi connectivity index (χ0) is 13.2. The molecule has 0 amide bonds. The monoisotopic (exact) mass is 251 g/mol. The molecule has 0 aliphatic heterocycles. The van der Waals surface area contributed by atoms with Crippen LogP contribution in [0.1, 0.15) is 44.8 Å². The Labute approximate surface area is 108 Å². The molecule has 3 heteroatoms. The van der Waals surface area contributed by atoms with E-state index in [0.717, 1.165) is 6.42 Å². The standard InChI is InChI=1S/C15H22FNO/c1-15(2)8-4-7-14(15)17-10-13(18)11-5-3-6-12(16)9-11/h3,5-6,9,13-14,17-18H,4,7-8,10H2,1-2H3. The van der Waals surface area contributed by atoms with Gasteiger partial charge in [-0.15, -0.1) is 0 Å². The number of benzene rings is 1. The number of nitrogens with one attached hydrogen (secondary N) is 1. The molecular formula is C15H22FNO. The van der Waals surface area contributed by atoms with Crippen molar-refractivity contribution < 1.29 is 9.50 Å². The number of hydrogen-bond donors (Lipinski definition) is 2. The quantitative estimate of drug-likeness (QED) is 0.862. The first-order chi connectivity index (χ1) is 8.49. The fourth-order valence-electron chi connectivity index (χ4n) is 2.79. The largest absolute Gasteiger partial charge is 0.387 e. The van der Waals surface area contributed by atoms with Crippen LogP contribution in [-0.2, 0) is 0 Å². The van der Waals surface area contributed by atoms with Crippen LogP contribution >= 0.6 is 0 Å². The second-order valence-electron chi connectivity index (χ2n) is 5.91. The molecule has 1 aliphatic rings. The average Bonchev–Trinajstić information content (AvgIpc) is 2.65. The van der Waals surface area contributed by atoms with Crippen molar-refractivity contribution in [2.45, 2.75) is 45.3 Å². The van der Waals surface area contributed by atoms with Crippen molar-refractivity contribution >= 4 is 0 Å². The van der Waals surface area contributed by atoms with Crippen molar-refractivity contribution in [3.05, 3.63) is 35.6 Å². The molecule has 0 saturated heterocycles. The molecule has 100 valence electrons. The van der Waals surface area contributed by atoms with Crippen molar-refractivity contribution in [1.29, 1.82) is 0 Å². The van der Waals surface area contributed by atoms with Crippen molar-refractivity contribution in [3.8, 4) is 0 Å². The highest BCUT2D eigenvalue weighted by Crippen LogP contribution is 2.37. The molecule has 1 aromatic carbocycles. The predicted molar refractivity (Wildman–Crippen MR) is 70.8 cm³/mol. The van der Waals surface area contributed by atoms with Crippen LogP contribution in [0.4, 0.5) is 4.39 Å². The van der Waals surface area contributed by atoms with Crippen molar-refractivity contribution in [2.24, 2.45) is 5.41 Å². The summed E-state index contributed by atoms with van der Waals surface area (Å²) in [4.78, 5) is 0. The Bertz CT molecular complexity index is 405. The molecule has 1 saturated carbocycles. The van der Waals surface area contributed by atoms with Crippen molar-refractivity contribution in [3.63, 3.8) is 0 Å². The van der Waals surface area contributed by atoms with Gasteiger partial charge < -0.3 is 10.4 Å². The van der Waals surface area contributed by atoms with Gasteiger partial charge in [0.2, 0.25) is 0 Å². The molecule has 2 nitrogen and oxygen atoms in total. The topological polar surface area (TPSA) is 32.3 Å². The minimum absolute atomic E-state index is 0.293. The highest BCUT2D eigenvalue weighted by Gasteiger charge is 2.34. The second kappa shape index (κ2) is 5.37. The first-order valence-corrected chi connectivity index (χ1v) is 6.66. The summed E-state index contributed by atoms with van der Waals surface area (Å²) in [5.41, 5.74) is 0.931. The number of hydrogen-bond acceptors (Lipinski definition) is 2. The van der Waals surface area contributed by atoms with Gasteiger partial charge in [0.05, 0.1) is 6.10 Å². The van der Waals surface area contributed by atoms with Gasteiger partial charge in [-0.3, -0.25) is 0 Å². The third-order valence-corrected chi connectivity index (χ3v) is 4.05. The molecule has 0 radical (unpaired) electrons. The predicted octanol–water partition coefficient (Wildman–Crippen LogP) is 3.03. The number of halogens is 1. The van der Waals surface area contributed by atoms with Gasteiger partial charge in [-0.05, 0) is 36.0 Å². The summed E-state index contributed by atoms with van der Waals surface area (Å²) >= 11 is 0. The Balaban J connectivity index is 1.90. The van der Waals surface area contributed by atoms with E-state index in [1.54, 1.807) is 12.1 Å². The Hall–Kier alpha value is -0.930. The van der Waals surface area contributed by atoms with E-state index in [9.17, 15) is 9.50 Å². The highest BCUT2D eigenvalue weighted by molar-refractivity contribution is 5.19. The third kappa shape index (κ3) is 3.09. The van der Waals surface area contributed by atoms with Crippen LogP contribution in [0.5, 0.6) is 0 Å². The first kappa shape index (κ1) is 13.5. The first-order valence-electron chi connectivity index (χ1n) is 6.66.